The quantitative estimate of drug-likeness (QED) is 0.249. The van der Waals surface area contributed by atoms with Crippen molar-refractivity contribution < 1.29 is 31.1 Å². The summed E-state index contributed by atoms with van der Waals surface area (Å²) in [6.45, 7) is 0. The molecule has 0 aliphatic carbocycles. The monoisotopic (exact) mass is 600 g/mol. The van der Waals surface area contributed by atoms with Crippen molar-refractivity contribution in [1.29, 1.82) is 0 Å². The topological polar surface area (TPSA) is 46.6 Å². The molecule has 0 aromatic heterocycles. The number of carbonyl (C=O) groups is 2. The van der Waals surface area contributed by atoms with Crippen LogP contribution in [0.3, 0.4) is 0 Å². The predicted octanol–water partition coefficient (Wildman–Crippen LogP) is -0.524. The van der Waals surface area contributed by atoms with Gasteiger partial charge >= 0.3 is 130 Å². The van der Waals surface area contributed by atoms with Gasteiger partial charge in [-0.1, -0.05) is 0 Å². The summed E-state index contributed by atoms with van der Waals surface area (Å²) in [6.07, 6.45) is -0.291. The summed E-state index contributed by atoms with van der Waals surface area (Å²) in [5.74, 6) is 1.32. The van der Waals surface area contributed by atoms with Crippen molar-refractivity contribution in [3.63, 3.8) is 0 Å². The zero-order chi connectivity index (χ0) is 13.2. The van der Waals surface area contributed by atoms with E-state index in [-0.39, 0.29) is 12.1 Å². The molecule has 0 spiro atoms. The van der Waals surface area contributed by atoms with E-state index in [1.807, 2.05) is 4.93 Å². The molecule has 0 aromatic rings. The molecule has 1 aliphatic rings. The number of alkyl halides is 4. The van der Waals surface area contributed by atoms with Gasteiger partial charge in [-0.05, 0) is 0 Å². The van der Waals surface area contributed by atoms with E-state index in [9.17, 15) is 9.59 Å². The number of hydrogen-bond acceptors (Lipinski definition) is 4. The van der Waals surface area contributed by atoms with Crippen molar-refractivity contribution in [2.24, 2.45) is 0 Å². The zero-order valence-electron chi connectivity index (χ0n) is 10.2. The standard InChI is InChI=1S/C9H17I3NO3S/c1-11(10)16-9(15)13-6-17-5-7(13)8(14)12(2,3)4/h7H,5-6H2,1-4H3/q-1/t7-/m0/s1. The molecule has 104 valence electrons. The first-order valence-corrected chi connectivity index (χ1v) is 22.7. The molecule has 0 radical (unpaired) electrons. The Labute approximate surface area is 128 Å². The molecule has 1 fully saturated rings. The van der Waals surface area contributed by atoms with Gasteiger partial charge < -0.3 is 0 Å². The van der Waals surface area contributed by atoms with E-state index < -0.39 is 34.7 Å². The van der Waals surface area contributed by atoms with Gasteiger partial charge in [0.05, 0.1) is 0 Å². The zero-order valence-corrected chi connectivity index (χ0v) is 17.5. The number of amides is 1. The molecule has 0 aromatic carbocycles. The van der Waals surface area contributed by atoms with Crippen LogP contribution in [0.25, 0.3) is 0 Å². The summed E-state index contributed by atoms with van der Waals surface area (Å²) in [6, 6.07) is -0.240. The van der Waals surface area contributed by atoms with Crippen LogP contribution in [0.1, 0.15) is 0 Å². The van der Waals surface area contributed by atoms with Crippen molar-refractivity contribution in [3.8, 4) is 0 Å². The Morgan fingerprint density at radius 1 is 1.47 bits per heavy atom. The summed E-state index contributed by atoms with van der Waals surface area (Å²) in [7, 11) is 0. The summed E-state index contributed by atoms with van der Waals surface area (Å²) in [5.41, 5.74) is 0. The van der Waals surface area contributed by atoms with Crippen molar-refractivity contribution in [2.45, 2.75) is 6.04 Å². The van der Waals surface area contributed by atoms with Crippen molar-refractivity contribution in [3.05, 3.63) is 0 Å². The second kappa shape index (κ2) is 6.77. The molecule has 1 heterocycles. The summed E-state index contributed by atoms with van der Waals surface area (Å²) in [4.78, 5) is 34.0. The van der Waals surface area contributed by atoms with E-state index in [2.05, 4.69) is 33.4 Å². The van der Waals surface area contributed by atoms with Gasteiger partial charge in [0.25, 0.3) is 0 Å². The molecule has 1 aliphatic heterocycles. The van der Waals surface area contributed by atoms with Gasteiger partial charge in [-0.3, -0.25) is 0 Å². The van der Waals surface area contributed by atoms with E-state index in [1.54, 1.807) is 16.7 Å². The third-order valence-corrected chi connectivity index (χ3v) is 9.13. The van der Waals surface area contributed by atoms with Crippen LogP contribution in [0.5, 0.6) is 0 Å². The minimum atomic E-state index is -2.27. The van der Waals surface area contributed by atoms with Crippen LogP contribution in [0.15, 0.2) is 0 Å². The Kier molecular flexibility index (Phi) is 6.58. The number of carbonyl (C=O) groups excluding carboxylic acids is 2. The van der Waals surface area contributed by atoms with Gasteiger partial charge in [0.2, 0.25) is 0 Å². The SMILES string of the molecule is CI(I)OC(=O)N1CSC[C@H]1C(=O)[I-](C)(C)C. The second-order valence-electron chi connectivity index (χ2n) is 4.19. The van der Waals surface area contributed by atoms with Crippen LogP contribution in [0.2, 0.25) is 0 Å². The molecule has 0 unspecified atom stereocenters. The fourth-order valence-corrected chi connectivity index (χ4v) is 7.21. The van der Waals surface area contributed by atoms with Crippen LogP contribution in [0.4, 0.5) is 4.79 Å². The van der Waals surface area contributed by atoms with Gasteiger partial charge in [0.15, 0.2) is 0 Å². The van der Waals surface area contributed by atoms with Crippen LogP contribution in [-0.4, -0.2) is 52.2 Å². The molecule has 1 amide bonds. The Bertz CT molecular complexity index is 319. The fraction of sp³-hybridized carbons (Fsp3) is 0.778. The first kappa shape index (κ1) is 16.5. The van der Waals surface area contributed by atoms with Crippen LogP contribution < -0.4 is 18.4 Å². The van der Waals surface area contributed by atoms with Gasteiger partial charge in [-0.25, -0.2) is 0 Å². The van der Waals surface area contributed by atoms with Crippen LogP contribution in [-0.2, 0) is 7.86 Å². The number of halogens is 3. The van der Waals surface area contributed by atoms with Gasteiger partial charge in [-0.15, -0.1) is 0 Å². The molecule has 1 saturated heterocycles. The second-order valence-corrected chi connectivity index (χ2v) is 26.1. The van der Waals surface area contributed by atoms with E-state index in [0.29, 0.717) is 9.67 Å². The molecule has 0 N–H and O–H groups in total. The minimum absolute atomic E-state index is 0.240. The first-order valence-electron chi connectivity index (χ1n) is 4.68. The maximum absolute atomic E-state index is 12.3. The van der Waals surface area contributed by atoms with E-state index >= 15 is 0 Å². The Morgan fingerprint density at radius 2 is 2.06 bits per heavy atom. The normalized spacial score (nSPS) is 22.3. The van der Waals surface area contributed by atoms with Crippen LogP contribution >= 0.6 is 46.6 Å². The molecule has 0 saturated carbocycles. The third-order valence-electron chi connectivity index (χ3n) is 2.11. The molecule has 1 atom stereocenters. The number of rotatable bonds is 3. The molecule has 1 rings (SSSR count). The van der Waals surface area contributed by atoms with E-state index in [4.69, 9.17) is 3.07 Å². The number of thioether (sulfide) groups is 1. The summed E-state index contributed by atoms with van der Waals surface area (Å²) >= 11 is -0.00948. The fourth-order valence-electron chi connectivity index (χ4n) is 1.32. The van der Waals surface area contributed by atoms with E-state index in [0.717, 1.165) is 5.75 Å². The third kappa shape index (κ3) is 4.82. The molecular formula is C9H17I3NO3S-. The van der Waals surface area contributed by atoms with Crippen molar-refractivity contribution >= 4 is 56.5 Å². The van der Waals surface area contributed by atoms with Gasteiger partial charge in [0, 0.05) is 0 Å². The number of hydrogen-bond donors (Lipinski definition) is 0. The molecule has 0 bridgehead atoms. The molecule has 4 nitrogen and oxygen atoms in total. The van der Waals surface area contributed by atoms with E-state index in [1.165, 1.54) is 0 Å². The summed E-state index contributed by atoms with van der Waals surface area (Å²) in [5, 5.41) is 0. The predicted molar refractivity (Wildman–Crippen MR) is 86.2 cm³/mol. The van der Waals surface area contributed by atoms with Gasteiger partial charge in [0.1, 0.15) is 0 Å². The maximum atomic E-state index is 12.3. The Balaban J connectivity index is 2.73. The number of nitrogens with zero attached hydrogens (tertiary/aromatic N) is 1. The van der Waals surface area contributed by atoms with Crippen molar-refractivity contribution in [1.82, 2.24) is 4.90 Å². The average molecular weight is 600 g/mol. The molecular weight excluding hydrogens is 583 g/mol. The van der Waals surface area contributed by atoms with Crippen molar-refractivity contribution in [2.75, 3.05) is 31.4 Å². The van der Waals surface area contributed by atoms with Crippen LogP contribution in [0, 0.1) is 0 Å². The summed E-state index contributed by atoms with van der Waals surface area (Å²) < 4.78 is 5.61. The molecule has 8 heteroatoms. The average Bonchev–Trinajstić information content (AvgIpc) is 2.61. The molecule has 17 heavy (non-hydrogen) atoms. The Morgan fingerprint density at radius 3 is 2.53 bits per heavy atom. The van der Waals surface area contributed by atoms with Gasteiger partial charge in [-0.2, -0.15) is 0 Å². The first-order chi connectivity index (χ1) is 7.73. The Hall–Kier alpha value is 1.48.